The summed E-state index contributed by atoms with van der Waals surface area (Å²) >= 11 is 0. The number of anilines is 3. The zero-order valence-corrected chi connectivity index (χ0v) is 32.9. The first kappa shape index (κ1) is 42.4. The molecular formula is C43H38F3N9O7. The maximum Gasteiger partial charge on any atom is 0.417 e. The summed E-state index contributed by atoms with van der Waals surface area (Å²) < 4.78 is 43.4. The number of nitrogens with one attached hydrogen (secondary N) is 6. The number of hydrogen-bond donors (Lipinski definition) is 6. The highest BCUT2D eigenvalue weighted by Gasteiger charge is 2.45. The van der Waals surface area contributed by atoms with Gasteiger partial charge in [-0.25, -0.2) is 0 Å². The Kier molecular flexibility index (Phi) is 12.2. The summed E-state index contributed by atoms with van der Waals surface area (Å²) in [7, 11) is 1.43. The molecule has 0 radical (unpaired) electrons. The fourth-order valence-corrected chi connectivity index (χ4v) is 7.18. The van der Waals surface area contributed by atoms with E-state index in [-0.39, 0.29) is 88.3 Å². The van der Waals surface area contributed by atoms with Gasteiger partial charge in [-0.15, -0.1) is 0 Å². The lowest BCUT2D eigenvalue weighted by Gasteiger charge is -2.27. The second-order valence-electron chi connectivity index (χ2n) is 14.3. The molecule has 2 aliphatic rings. The quantitative estimate of drug-likeness (QED) is 0.0672. The van der Waals surface area contributed by atoms with Crippen LogP contribution in [0.4, 0.5) is 30.2 Å². The van der Waals surface area contributed by atoms with Crippen molar-refractivity contribution in [3.8, 4) is 11.1 Å². The van der Waals surface area contributed by atoms with E-state index in [2.05, 4.69) is 41.9 Å². The van der Waals surface area contributed by atoms with E-state index in [1.165, 1.54) is 55.8 Å². The molecule has 318 valence electrons. The van der Waals surface area contributed by atoms with Crippen LogP contribution in [0.2, 0.25) is 0 Å². The largest absolute Gasteiger partial charge is 0.417 e. The highest BCUT2D eigenvalue weighted by molar-refractivity contribution is 6.25. The van der Waals surface area contributed by atoms with Gasteiger partial charge in [0.15, 0.2) is 0 Å². The fourth-order valence-electron chi connectivity index (χ4n) is 7.18. The number of amides is 7. The van der Waals surface area contributed by atoms with Crippen molar-refractivity contribution >= 4 is 69.3 Å². The number of alkyl halides is 3. The standard InChI is InChI=1S/C43H38F3N9O7/c1-47-38(58)28-21-51-32-19-29(43(44,45)46)26(18-27(32)37(28)53-24-8-3-2-4-9-24)23-12-13-31(50-20-23)39(59)49-17-6-5-16-48-35(57)22-52-30-11-7-10-25-36(30)42(62)55(41(25)61)33-14-15-34(56)54-40(33)60/h2-4,7-13,18-21,33,52H,5-6,14-17,22H2,1H3,(H,47,58)(H,48,57)(H,49,59)(H,51,53)(H,54,56,60). The van der Waals surface area contributed by atoms with Gasteiger partial charge >= 0.3 is 6.18 Å². The molecule has 1 fully saturated rings. The molecule has 0 spiro atoms. The van der Waals surface area contributed by atoms with Crippen molar-refractivity contribution in [2.75, 3.05) is 37.3 Å². The van der Waals surface area contributed by atoms with Crippen LogP contribution in [0.5, 0.6) is 0 Å². The SMILES string of the molecule is CNC(=O)c1cnc2cc(C(F)(F)F)c(-c3ccc(C(=O)NCCCCNC(=O)CNc4cccc5c4C(=O)N(C4CCC(=O)NC4=O)C5=O)nc3)cc2c1Nc1ccccc1. The van der Waals surface area contributed by atoms with Crippen molar-refractivity contribution in [2.24, 2.45) is 0 Å². The van der Waals surface area contributed by atoms with Gasteiger partial charge in [0.2, 0.25) is 17.7 Å². The minimum absolute atomic E-state index is 0.000408. The number of imide groups is 2. The number of hydrogen-bond acceptors (Lipinski definition) is 11. The molecule has 0 aliphatic carbocycles. The lowest BCUT2D eigenvalue weighted by atomic mass is 9.96. The number of rotatable bonds is 14. The molecule has 4 heterocycles. The molecule has 0 bridgehead atoms. The summed E-state index contributed by atoms with van der Waals surface area (Å²) in [5.41, 5.74) is 0.108. The normalized spacial score (nSPS) is 14.9. The van der Waals surface area contributed by atoms with Crippen LogP contribution in [0, 0.1) is 0 Å². The number of para-hydroxylation sites is 1. The van der Waals surface area contributed by atoms with Crippen LogP contribution in [-0.4, -0.2) is 88.9 Å². The Labute approximate surface area is 351 Å². The maximum atomic E-state index is 14.5. The number of halogens is 3. The van der Waals surface area contributed by atoms with Gasteiger partial charge in [-0.1, -0.05) is 30.3 Å². The summed E-state index contributed by atoms with van der Waals surface area (Å²) in [5, 5.41) is 16.4. The average molecular weight is 850 g/mol. The molecule has 16 nitrogen and oxygen atoms in total. The highest BCUT2D eigenvalue weighted by atomic mass is 19.4. The fraction of sp³-hybridized carbons (Fsp3) is 0.233. The van der Waals surface area contributed by atoms with Gasteiger partial charge in [0.1, 0.15) is 11.7 Å². The summed E-state index contributed by atoms with van der Waals surface area (Å²) in [6.07, 6.45) is -1.49. The van der Waals surface area contributed by atoms with E-state index in [1.54, 1.807) is 30.3 Å². The van der Waals surface area contributed by atoms with Crippen molar-refractivity contribution in [3.63, 3.8) is 0 Å². The monoisotopic (exact) mass is 849 g/mol. The van der Waals surface area contributed by atoms with Gasteiger partial charge in [-0.2, -0.15) is 13.2 Å². The molecule has 62 heavy (non-hydrogen) atoms. The molecule has 1 unspecified atom stereocenters. The van der Waals surface area contributed by atoms with E-state index in [0.717, 1.165) is 11.0 Å². The number of unbranched alkanes of at least 4 members (excludes halogenated alkanes) is 1. The van der Waals surface area contributed by atoms with Crippen molar-refractivity contribution < 1.29 is 46.7 Å². The first-order valence-corrected chi connectivity index (χ1v) is 19.4. The van der Waals surface area contributed by atoms with Crippen LogP contribution in [0.15, 0.2) is 85.2 Å². The van der Waals surface area contributed by atoms with Gasteiger partial charge in [0.05, 0.1) is 40.0 Å². The van der Waals surface area contributed by atoms with Gasteiger partial charge in [0, 0.05) is 61.3 Å². The van der Waals surface area contributed by atoms with Crippen LogP contribution in [0.1, 0.15) is 72.8 Å². The van der Waals surface area contributed by atoms with Gasteiger partial charge in [0.25, 0.3) is 23.6 Å². The van der Waals surface area contributed by atoms with Crippen LogP contribution in [0.25, 0.3) is 22.0 Å². The van der Waals surface area contributed by atoms with E-state index in [1.807, 2.05) is 0 Å². The molecule has 7 rings (SSSR count). The van der Waals surface area contributed by atoms with Gasteiger partial charge in [-0.05, 0) is 67.3 Å². The van der Waals surface area contributed by atoms with E-state index in [9.17, 15) is 46.7 Å². The molecule has 6 N–H and O–H groups in total. The molecule has 2 aromatic heterocycles. The number of fused-ring (bicyclic) bond motifs is 2. The minimum atomic E-state index is -4.78. The minimum Gasteiger partial charge on any atom is -0.375 e. The lowest BCUT2D eigenvalue weighted by molar-refractivity contribution is -0.137. The first-order chi connectivity index (χ1) is 29.7. The molecule has 1 saturated heterocycles. The van der Waals surface area contributed by atoms with Crippen LogP contribution in [-0.2, 0) is 20.6 Å². The molecule has 0 saturated carbocycles. The molecular weight excluding hydrogens is 812 g/mol. The predicted molar refractivity (Wildman–Crippen MR) is 219 cm³/mol. The van der Waals surface area contributed by atoms with Crippen molar-refractivity contribution in [1.82, 2.24) is 36.1 Å². The Hall–Kier alpha value is -7.70. The lowest BCUT2D eigenvalue weighted by Crippen LogP contribution is -2.54. The van der Waals surface area contributed by atoms with E-state index in [4.69, 9.17) is 0 Å². The Morgan fingerprint density at radius 2 is 1.60 bits per heavy atom. The maximum absolute atomic E-state index is 14.5. The number of piperidine rings is 1. The smallest absolute Gasteiger partial charge is 0.375 e. The highest BCUT2D eigenvalue weighted by Crippen LogP contribution is 2.41. The Morgan fingerprint density at radius 3 is 2.29 bits per heavy atom. The van der Waals surface area contributed by atoms with Gasteiger partial charge in [-0.3, -0.25) is 53.7 Å². The molecule has 1 atom stereocenters. The molecule has 3 aromatic carbocycles. The van der Waals surface area contributed by atoms with E-state index >= 15 is 0 Å². The third-order valence-electron chi connectivity index (χ3n) is 10.3. The van der Waals surface area contributed by atoms with Crippen LogP contribution >= 0.6 is 0 Å². The zero-order chi connectivity index (χ0) is 44.1. The third kappa shape index (κ3) is 8.91. The van der Waals surface area contributed by atoms with Crippen molar-refractivity contribution in [3.05, 3.63) is 113 Å². The first-order valence-electron chi connectivity index (χ1n) is 19.4. The topological polar surface area (TPSA) is 221 Å². The van der Waals surface area contributed by atoms with Crippen molar-refractivity contribution in [2.45, 2.75) is 37.9 Å². The number of carbonyl (C=O) groups is 7. The van der Waals surface area contributed by atoms with Crippen LogP contribution in [0.3, 0.4) is 0 Å². The number of nitrogens with zero attached hydrogens (tertiary/aromatic N) is 3. The summed E-state index contributed by atoms with van der Waals surface area (Å²) in [5.74, 6) is -4.07. The van der Waals surface area contributed by atoms with Crippen molar-refractivity contribution in [1.29, 1.82) is 0 Å². The molecule has 2 aliphatic heterocycles. The molecule has 19 heteroatoms. The second-order valence-corrected chi connectivity index (χ2v) is 14.3. The summed E-state index contributed by atoms with van der Waals surface area (Å²) in [4.78, 5) is 97.8. The summed E-state index contributed by atoms with van der Waals surface area (Å²) in [6, 6.07) is 17.1. The van der Waals surface area contributed by atoms with Gasteiger partial charge < -0.3 is 26.6 Å². The number of pyridine rings is 2. The Bertz CT molecular complexity index is 2620. The average Bonchev–Trinajstić information content (AvgIpc) is 3.52. The van der Waals surface area contributed by atoms with E-state index in [0.29, 0.717) is 18.5 Å². The van der Waals surface area contributed by atoms with Crippen LogP contribution < -0.4 is 31.9 Å². The summed E-state index contributed by atoms with van der Waals surface area (Å²) in [6.45, 7) is 0.206. The molecule has 7 amide bonds. The van der Waals surface area contributed by atoms with E-state index < -0.39 is 59.1 Å². The predicted octanol–water partition coefficient (Wildman–Crippen LogP) is 4.56. The molecule has 5 aromatic rings. The Balaban J connectivity index is 0.930. The second kappa shape index (κ2) is 17.9. The third-order valence-corrected chi connectivity index (χ3v) is 10.3. The Morgan fingerprint density at radius 1 is 0.839 bits per heavy atom. The zero-order valence-electron chi connectivity index (χ0n) is 32.9. The number of carbonyl (C=O) groups excluding carboxylic acids is 7. The number of aromatic nitrogens is 2. The number of benzene rings is 3.